The molecule has 0 fully saturated rings. The summed E-state index contributed by atoms with van der Waals surface area (Å²) in [5.74, 6) is -0.451. The van der Waals surface area contributed by atoms with Crippen LogP contribution in [0.3, 0.4) is 0 Å². The summed E-state index contributed by atoms with van der Waals surface area (Å²) in [5.41, 5.74) is -2.03. The van der Waals surface area contributed by atoms with Gasteiger partial charge in [0.05, 0.1) is 33.1 Å². The molecule has 1 spiro atoms. The van der Waals surface area contributed by atoms with Crippen molar-refractivity contribution in [1.29, 1.82) is 0 Å². The van der Waals surface area contributed by atoms with Gasteiger partial charge in [-0.15, -0.1) is 0 Å². The van der Waals surface area contributed by atoms with Gasteiger partial charge >= 0.3 is 11.4 Å². The lowest BCUT2D eigenvalue weighted by molar-refractivity contribution is -0.423. The van der Waals surface area contributed by atoms with E-state index in [1.807, 2.05) is 13.8 Å². The van der Waals surface area contributed by atoms with Crippen molar-refractivity contribution in [3.63, 3.8) is 0 Å². The van der Waals surface area contributed by atoms with Gasteiger partial charge in [0.15, 0.2) is 0 Å². The van der Waals surface area contributed by atoms with Crippen molar-refractivity contribution in [2.45, 2.75) is 25.0 Å². The number of nitrogens with zero attached hydrogens (tertiary/aromatic N) is 3. The second kappa shape index (κ2) is 6.73. The van der Waals surface area contributed by atoms with Crippen LogP contribution < -0.4 is 14.4 Å². The maximum absolute atomic E-state index is 11.9. The molecule has 0 amide bonds. The van der Waals surface area contributed by atoms with Crippen LogP contribution in [0.4, 0.5) is 17.1 Å². The van der Waals surface area contributed by atoms with Crippen LogP contribution in [0.2, 0.25) is 10.0 Å². The first-order valence-electron chi connectivity index (χ1n) is 9.12. The topological polar surface area (TPSA) is 108 Å². The third-order valence-corrected chi connectivity index (χ3v) is 6.61. The van der Waals surface area contributed by atoms with E-state index in [4.69, 9.17) is 32.7 Å². The average molecular weight is 466 g/mol. The molecule has 2 aliphatic heterocycles. The van der Waals surface area contributed by atoms with Crippen molar-refractivity contribution in [3.8, 4) is 11.5 Å². The van der Waals surface area contributed by atoms with Crippen LogP contribution in [-0.2, 0) is 5.41 Å². The molecule has 1 atom stereocenters. The minimum absolute atomic E-state index is 0.222. The molecule has 2 aromatic rings. The molecule has 2 aromatic carbocycles. The number of ether oxygens (including phenoxy) is 2. The highest BCUT2D eigenvalue weighted by atomic mass is 35.5. The smallest absolute Gasteiger partial charge is 0.392 e. The molecule has 0 aromatic heterocycles. The lowest BCUT2D eigenvalue weighted by atomic mass is 9.76. The van der Waals surface area contributed by atoms with E-state index < -0.39 is 32.4 Å². The summed E-state index contributed by atoms with van der Waals surface area (Å²) in [5, 5.41) is 24.5. The Bertz CT molecular complexity index is 1200. The van der Waals surface area contributed by atoms with Crippen LogP contribution >= 0.6 is 23.2 Å². The van der Waals surface area contributed by atoms with Crippen LogP contribution in [0.25, 0.3) is 6.08 Å². The Morgan fingerprint density at radius 1 is 1.10 bits per heavy atom. The molecular weight excluding hydrogens is 449 g/mol. The summed E-state index contributed by atoms with van der Waals surface area (Å²) in [6.45, 7) is 3.74. The number of hydrogen-bond acceptors (Lipinski definition) is 7. The molecule has 11 heteroatoms. The Morgan fingerprint density at radius 3 is 2.26 bits per heavy atom. The molecule has 0 saturated carbocycles. The Labute approximate surface area is 187 Å². The molecule has 9 nitrogen and oxygen atoms in total. The number of halogens is 2. The van der Waals surface area contributed by atoms with E-state index in [-0.39, 0.29) is 17.1 Å². The van der Waals surface area contributed by atoms with E-state index in [1.165, 1.54) is 13.2 Å². The molecule has 0 saturated heterocycles. The van der Waals surface area contributed by atoms with Gasteiger partial charge in [0.2, 0.25) is 17.2 Å². The first-order valence-corrected chi connectivity index (χ1v) is 9.88. The van der Waals surface area contributed by atoms with Crippen molar-refractivity contribution in [3.05, 3.63) is 65.7 Å². The number of benzene rings is 2. The quantitative estimate of drug-likeness (QED) is 0.443. The van der Waals surface area contributed by atoms with E-state index in [0.717, 1.165) is 0 Å². The van der Waals surface area contributed by atoms with Gasteiger partial charge in [0, 0.05) is 23.2 Å². The molecular formula is C20H17Cl2N3O6. The monoisotopic (exact) mass is 465 g/mol. The summed E-state index contributed by atoms with van der Waals surface area (Å²) in [4.78, 5) is 23.7. The Balaban J connectivity index is 2.01. The van der Waals surface area contributed by atoms with Crippen LogP contribution in [0, 0.1) is 20.2 Å². The number of nitro groups is 2. The van der Waals surface area contributed by atoms with Gasteiger partial charge in [-0.3, -0.25) is 20.2 Å². The zero-order valence-electron chi connectivity index (χ0n) is 16.9. The van der Waals surface area contributed by atoms with Gasteiger partial charge in [-0.25, -0.2) is 0 Å². The maximum Gasteiger partial charge on any atom is 0.392 e. The molecule has 162 valence electrons. The van der Waals surface area contributed by atoms with Gasteiger partial charge < -0.3 is 14.4 Å². The second-order valence-electron chi connectivity index (χ2n) is 7.78. The van der Waals surface area contributed by atoms with Gasteiger partial charge in [-0.1, -0.05) is 23.2 Å². The Kier molecular flexibility index (Phi) is 4.60. The third kappa shape index (κ3) is 2.63. The van der Waals surface area contributed by atoms with E-state index >= 15 is 0 Å². The van der Waals surface area contributed by atoms with E-state index in [9.17, 15) is 20.2 Å². The minimum Gasteiger partial charge on any atom is -0.490 e. The summed E-state index contributed by atoms with van der Waals surface area (Å²) in [7, 11) is 2.94. The van der Waals surface area contributed by atoms with Crippen LogP contribution in [0.15, 0.2) is 24.3 Å². The SMILES string of the molecule is COc1cc2c(c([N+](=O)[O-])c1[N+](=O)[O-])OC1(C=C2)N(C)c2c(Cl)ccc(Cl)c2C1(C)C. The van der Waals surface area contributed by atoms with Crippen LogP contribution in [0.1, 0.15) is 25.0 Å². The highest BCUT2D eigenvalue weighted by Gasteiger charge is 2.60. The molecule has 2 heterocycles. The van der Waals surface area contributed by atoms with Crippen LogP contribution in [0.5, 0.6) is 11.5 Å². The van der Waals surface area contributed by atoms with Crippen molar-refractivity contribution in [2.24, 2.45) is 0 Å². The van der Waals surface area contributed by atoms with Crippen LogP contribution in [-0.4, -0.2) is 29.7 Å². The molecule has 31 heavy (non-hydrogen) atoms. The van der Waals surface area contributed by atoms with Gasteiger partial charge in [0.25, 0.3) is 0 Å². The predicted octanol–water partition coefficient (Wildman–Crippen LogP) is 5.35. The molecule has 0 bridgehead atoms. The van der Waals surface area contributed by atoms with Gasteiger partial charge in [-0.05, 0) is 44.2 Å². The number of methoxy groups -OCH3 is 1. The van der Waals surface area contributed by atoms with Crippen molar-refractivity contribution >= 4 is 46.3 Å². The minimum atomic E-state index is -1.27. The number of likely N-dealkylation sites (N-methyl/N-ethyl adjacent to an activating group) is 1. The number of hydrogen-bond donors (Lipinski definition) is 0. The lowest BCUT2D eigenvalue weighted by Gasteiger charge is -2.45. The first kappa shape index (κ1) is 21.2. The number of nitro benzene ring substituents is 2. The van der Waals surface area contributed by atoms with E-state index in [0.29, 0.717) is 21.3 Å². The molecule has 4 rings (SSSR count). The highest BCUT2D eigenvalue weighted by Crippen LogP contribution is 2.60. The Hall–Kier alpha value is -3.04. The Morgan fingerprint density at radius 2 is 1.71 bits per heavy atom. The molecule has 2 aliphatic rings. The lowest BCUT2D eigenvalue weighted by Crippen LogP contribution is -2.58. The average Bonchev–Trinajstić information content (AvgIpc) is 2.87. The fourth-order valence-electron chi connectivity index (χ4n) is 4.51. The highest BCUT2D eigenvalue weighted by molar-refractivity contribution is 6.36. The summed E-state index contributed by atoms with van der Waals surface area (Å²) in [6, 6.07) is 4.68. The standard InChI is InChI=1S/C20H17Cl2N3O6/c1-19(2)14-11(21)5-6-12(22)15(14)23(3)20(19)8-7-10-9-13(30-4)16(24(26)27)17(25(28)29)18(10)31-20/h5-9H,1-4H3. The molecule has 0 N–H and O–H groups in total. The molecule has 0 radical (unpaired) electrons. The third-order valence-electron chi connectivity index (χ3n) is 5.99. The number of fused-ring (bicyclic) bond motifs is 2. The van der Waals surface area contributed by atoms with Crippen molar-refractivity contribution in [1.82, 2.24) is 0 Å². The maximum atomic E-state index is 11.9. The molecule has 1 unspecified atom stereocenters. The summed E-state index contributed by atoms with van der Waals surface area (Å²) >= 11 is 13.0. The van der Waals surface area contributed by atoms with Crippen molar-refractivity contribution in [2.75, 3.05) is 19.1 Å². The normalized spacial score (nSPS) is 20.3. The fraction of sp³-hybridized carbons (Fsp3) is 0.300. The fourth-order valence-corrected chi connectivity index (χ4v) is 5.18. The van der Waals surface area contributed by atoms with Gasteiger partial charge in [0.1, 0.15) is 0 Å². The number of rotatable bonds is 3. The summed E-state index contributed by atoms with van der Waals surface area (Å²) in [6.07, 6.45) is 3.38. The first-order chi connectivity index (χ1) is 14.5. The number of anilines is 1. The largest absolute Gasteiger partial charge is 0.490 e. The predicted molar refractivity (Wildman–Crippen MR) is 117 cm³/mol. The van der Waals surface area contributed by atoms with Gasteiger partial charge in [-0.2, -0.15) is 0 Å². The molecule has 0 aliphatic carbocycles. The zero-order valence-corrected chi connectivity index (χ0v) is 18.4. The van der Waals surface area contributed by atoms with Crippen molar-refractivity contribution < 1.29 is 19.3 Å². The second-order valence-corrected chi connectivity index (χ2v) is 8.59. The summed E-state index contributed by atoms with van der Waals surface area (Å²) < 4.78 is 11.3. The van der Waals surface area contributed by atoms with E-state index in [1.54, 1.807) is 36.2 Å². The zero-order chi connectivity index (χ0) is 22.9. The van der Waals surface area contributed by atoms with E-state index in [2.05, 4.69) is 0 Å².